The summed E-state index contributed by atoms with van der Waals surface area (Å²) in [7, 11) is 0. The average molecular weight is 465 g/mol. The van der Waals surface area contributed by atoms with E-state index < -0.39 is 0 Å². The maximum atomic E-state index is 12.1. The third-order valence-electron chi connectivity index (χ3n) is 8.61. The number of H-pyrrole nitrogens is 1. The molecule has 2 aliphatic carbocycles. The van der Waals surface area contributed by atoms with E-state index in [1.807, 2.05) is 18.5 Å². The van der Waals surface area contributed by atoms with E-state index in [1.54, 1.807) is 0 Å². The summed E-state index contributed by atoms with van der Waals surface area (Å²) in [6.07, 6.45) is 12.2. The van der Waals surface area contributed by atoms with E-state index in [1.165, 1.54) is 17.4 Å². The van der Waals surface area contributed by atoms with Crippen LogP contribution in [-0.2, 0) is 17.6 Å². The summed E-state index contributed by atoms with van der Waals surface area (Å²) >= 11 is 0. The molecule has 0 radical (unpaired) electrons. The Labute approximate surface area is 204 Å². The Hall–Kier alpha value is -3.61. The van der Waals surface area contributed by atoms with Crippen LogP contribution in [0.1, 0.15) is 66.5 Å². The minimum Gasteiger partial charge on any atom is -0.321 e. The summed E-state index contributed by atoms with van der Waals surface area (Å²) in [6, 6.07) is 12.6. The minimum absolute atomic E-state index is 0.0188. The number of rotatable bonds is 3. The number of nitrogens with zero attached hydrogens (tertiary/aromatic N) is 5. The van der Waals surface area contributed by atoms with Gasteiger partial charge in [-0.2, -0.15) is 5.10 Å². The summed E-state index contributed by atoms with van der Waals surface area (Å²) in [6.45, 7) is 0.896. The fourth-order valence-electron chi connectivity index (χ4n) is 6.81. The number of aromatic amines is 1. The molecule has 1 saturated carbocycles. The number of aromatic nitrogens is 5. The Bertz CT molecular complexity index is 1420. The number of fused-ring (bicyclic) bond motifs is 3. The molecule has 3 aromatic heterocycles. The van der Waals surface area contributed by atoms with Gasteiger partial charge in [0.25, 0.3) is 0 Å². The first-order chi connectivity index (χ1) is 17.3. The zero-order valence-corrected chi connectivity index (χ0v) is 19.7. The van der Waals surface area contributed by atoms with Crippen LogP contribution in [0.4, 0.5) is 11.5 Å². The van der Waals surface area contributed by atoms with Crippen LogP contribution in [0.2, 0.25) is 0 Å². The van der Waals surface area contributed by atoms with E-state index in [9.17, 15) is 4.79 Å². The lowest BCUT2D eigenvalue weighted by atomic mass is 9.64. The Morgan fingerprint density at radius 1 is 1.09 bits per heavy atom. The monoisotopic (exact) mass is 464 g/mol. The van der Waals surface area contributed by atoms with E-state index >= 15 is 0 Å². The van der Waals surface area contributed by atoms with Crippen molar-refractivity contribution in [2.75, 3.05) is 11.4 Å². The molecule has 35 heavy (non-hydrogen) atoms. The van der Waals surface area contributed by atoms with Crippen LogP contribution in [0, 0.1) is 5.41 Å². The number of anilines is 2. The predicted molar refractivity (Wildman–Crippen MR) is 134 cm³/mol. The molecule has 3 aliphatic rings. The van der Waals surface area contributed by atoms with Gasteiger partial charge < -0.3 is 9.69 Å². The van der Waals surface area contributed by atoms with Gasteiger partial charge in [-0.15, -0.1) is 0 Å². The Morgan fingerprint density at radius 2 is 1.97 bits per heavy atom. The standard InChI is InChI=1S/C28H28N6O/c35-17-21-20-6-2-1-5-19(20)15-28(21)11-9-18(10-12-28)23-16-30-25-26(31-23)32-33-27(25)34-14-4-7-22-24(34)8-3-13-29-22/h1-3,5-6,8,13,16-18,21H,4,7,9-12,14-15H2,(H,31,32,33)/t18-,21?,28-. The van der Waals surface area contributed by atoms with Crippen molar-refractivity contribution in [1.82, 2.24) is 25.1 Å². The van der Waals surface area contributed by atoms with E-state index in [0.29, 0.717) is 5.92 Å². The zero-order chi connectivity index (χ0) is 23.4. The highest BCUT2D eigenvalue weighted by Crippen LogP contribution is 2.56. The first kappa shape index (κ1) is 20.7. The quantitative estimate of drug-likeness (QED) is 0.429. The number of carbonyl (C=O) groups excluding carboxylic acids is 1. The van der Waals surface area contributed by atoms with Crippen molar-refractivity contribution in [3.05, 3.63) is 71.3 Å². The van der Waals surface area contributed by atoms with Gasteiger partial charge in [-0.25, -0.2) is 9.97 Å². The second kappa shape index (κ2) is 7.97. The normalized spacial score (nSPS) is 25.5. The van der Waals surface area contributed by atoms with Crippen molar-refractivity contribution in [2.45, 2.75) is 56.8 Å². The molecule has 4 aromatic rings. The first-order valence-corrected chi connectivity index (χ1v) is 12.7. The molecule has 1 atom stereocenters. The van der Waals surface area contributed by atoms with Crippen LogP contribution in [0.5, 0.6) is 0 Å². The molecular formula is C28H28N6O. The number of carbonyl (C=O) groups is 1. The molecule has 0 amide bonds. The predicted octanol–water partition coefficient (Wildman–Crippen LogP) is 5.02. The summed E-state index contributed by atoms with van der Waals surface area (Å²) in [5, 5.41) is 7.76. The fraction of sp³-hybridized carbons (Fsp3) is 0.393. The molecule has 1 spiro atoms. The van der Waals surface area contributed by atoms with E-state index in [4.69, 9.17) is 9.97 Å². The average Bonchev–Trinajstić information content (AvgIpc) is 3.46. The number of aryl methyl sites for hydroxylation is 1. The lowest BCUT2D eigenvalue weighted by Gasteiger charge is -2.40. The molecule has 176 valence electrons. The van der Waals surface area contributed by atoms with Crippen molar-refractivity contribution in [3.8, 4) is 0 Å². The molecule has 1 N–H and O–H groups in total. The van der Waals surface area contributed by atoms with Gasteiger partial charge in [0.05, 0.1) is 17.1 Å². The molecule has 1 aliphatic heterocycles. The Kier molecular flexibility index (Phi) is 4.72. The topological polar surface area (TPSA) is 87.7 Å². The zero-order valence-electron chi connectivity index (χ0n) is 19.7. The highest BCUT2D eigenvalue weighted by atomic mass is 16.1. The number of hydrogen-bond donors (Lipinski definition) is 1. The fourth-order valence-corrected chi connectivity index (χ4v) is 6.81. The third-order valence-corrected chi connectivity index (χ3v) is 8.61. The van der Waals surface area contributed by atoms with Crippen molar-refractivity contribution >= 4 is 29.0 Å². The minimum atomic E-state index is 0.0188. The molecule has 1 aromatic carbocycles. The highest BCUT2D eigenvalue weighted by Gasteiger charge is 2.47. The molecule has 4 heterocycles. The number of hydrogen-bond acceptors (Lipinski definition) is 6. The van der Waals surface area contributed by atoms with E-state index in [-0.39, 0.29) is 11.3 Å². The van der Waals surface area contributed by atoms with Crippen molar-refractivity contribution < 1.29 is 4.79 Å². The first-order valence-electron chi connectivity index (χ1n) is 12.7. The number of benzene rings is 1. The molecule has 7 nitrogen and oxygen atoms in total. The van der Waals surface area contributed by atoms with Crippen molar-refractivity contribution in [3.63, 3.8) is 0 Å². The molecule has 0 bridgehead atoms. The summed E-state index contributed by atoms with van der Waals surface area (Å²) in [5.74, 6) is 1.21. The van der Waals surface area contributed by atoms with Crippen molar-refractivity contribution in [1.29, 1.82) is 0 Å². The lowest BCUT2D eigenvalue weighted by molar-refractivity contribution is -0.112. The third kappa shape index (κ3) is 3.21. The number of aldehydes is 1. The van der Waals surface area contributed by atoms with Gasteiger partial charge in [0.1, 0.15) is 6.29 Å². The second-order valence-electron chi connectivity index (χ2n) is 10.4. The Morgan fingerprint density at radius 3 is 2.86 bits per heavy atom. The van der Waals surface area contributed by atoms with Gasteiger partial charge >= 0.3 is 0 Å². The maximum Gasteiger partial charge on any atom is 0.183 e. The summed E-state index contributed by atoms with van der Waals surface area (Å²) in [5.41, 5.74) is 7.46. The summed E-state index contributed by atoms with van der Waals surface area (Å²) in [4.78, 5) is 28.7. The van der Waals surface area contributed by atoms with Gasteiger partial charge in [-0.05, 0) is 73.6 Å². The molecule has 0 saturated heterocycles. The van der Waals surface area contributed by atoms with Gasteiger partial charge in [-0.1, -0.05) is 24.3 Å². The molecule has 1 fully saturated rings. The van der Waals surface area contributed by atoms with Crippen LogP contribution in [-0.4, -0.2) is 38.0 Å². The van der Waals surface area contributed by atoms with Gasteiger partial charge in [0, 0.05) is 30.8 Å². The van der Waals surface area contributed by atoms with Crippen LogP contribution in [0.3, 0.4) is 0 Å². The van der Waals surface area contributed by atoms with Crippen LogP contribution in [0.15, 0.2) is 48.8 Å². The van der Waals surface area contributed by atoms with E-state index in [2.05, 4.69) is 50.4 Å². The van der Waals surface area contributed by atoms with Gasteiger partial charge in [0.2, 0.25) is 0 Å². The lowest BCUT2D eigenvalue weighted by Crippen LogP contribution is -2.32. The van der Waals surface area contributed by atoms with Crippen molar-refractivity contribution in [2.24, 2.45) is 5.41 Å². The second-order valence-corrected chi connectivity index (χ2v) is 10.4. The maximum absolute atomic E-state index is 12.1. The van der Waals surface area contributed by atoms with Gasteiger partial charge in [0.15, 0.2) is 17.0 Å². The molecule has 1 unspecified atom stereocenters. The molecular weight excluding hydrogens is 436 g/mol. The molecule has 7 rings (SSSR count). The summed E-state index contributed by atoms with van der Waals surface area (Å²) < 4.78 is 0. The number of nitrogens with one attached hydrogen (secondary N) is 1. The van der Waals surface area contributed by atoms with Gasteiger partial charge in [-0.3, -0.25) is 10.1 Å². The van der Waals surface area contributed by atoms with E-state index in [0.717, 1.165) is 85.5 Å². The number of pyridine rings is 1. The highest BCUT2D eigenvalue weighted by molar-refractivity contribution is 5.86. The van der Waals surface area contributed by atoms with Crippen LogP contribution >= 0.6 is 0 Å². The molecule has 7 heteroatoms. The van der Waals surface area contributed by atoms with Crippen LogP contribution < -0.4 is 4.90 Å². The van der Waals surface area contributed by atoms with Crippen LogP contribution in [0.25, 0.3) is 11.2 Å². The smallest absolute Gasteiger partial charge is 0.183 e. The largest absolute Gasteiger partial charge is 0.321 e. The Balaban J connectivity index is 1.13. The SMILES string of the molecule is O=CC1c2ccccc2C[C@]12CC[C@@H](c1cnc3c(N4CCCc5ncccc54)n[nH]c3n1)CC2.